The number of piperidine rings is 1. The highest BCUT2D eigenvalue weighted by Crippen LogP contribution is 2.21. The monoisotopic (exact) mass is 248 g/mol. The number of hydrogen-bond donors (Lipinski definition) is 1. The first kappa shape index (κ1) is 13.3. The second-order valence-corrected chi connectivity index (χ2v) is 5.48. The Bertz CT molecular complexity index is 378. The number of aryl methyl sites for hydroxylation is 1. The van der Waals surface area contributed by atoms with Crippen molar-refractivity contribution in [3.05, 3.63) is 18.1 Å². The number of nitrogens with zero attached hydrogens (tertiary/aromatic N) is 3. The molecule has 4 nitrogen and oxygen atoms in total. The summed E-state index contributed by atoms with van der Waals surface area (Å²) < 4.78 is 0. The zero-order valence-corrected chi connectivity index (χ0v) is 11.7. The van der Waals surface area contributed by atoms with Gasteiger partial charge in [0.05, 0.1) is 0 Å². The molecule has 1 aliphatic heterocycles. The summed E-state index contributed by atoms with van der Waals surface area (Å²) in [5, 5.41) is 3.54. The molecule has 2 heterocycles. The molecule has 1 N–H and O–H groups in total. The molecule has 0 aromatic carbocycles. The zero-order valence-electron chi connectivity index (χ0n) is 11.7. The maximum atomic E-state index is 4.52. The van der Waals surface area contributed by atoms with E-state index in [1.807, 2.05) is 19.2 Å². The number of rotatable bonds is 4. The average molecular weight is 248 g/mol. The van der Waals surface area contributed by atoms with E-state index in [1.54, 1.807) is 0 Å². The van der Waals surface area contributed by atoms with E-state index < -0.39 is 0 Å². The second kappa shape index (κ2) is 6.14. The van der Waals surface area contributed by atoms with Crippen LogP contribution >= 0.6 is 0 Å². The zero-order chi connectivity index (χ0) is 13.0. The highest BCUT2D eigenvalue weighted by atomic mass is 15.2. The van der Waals surface area contributed by atoms with E-state index in [4.69, 9.17) is 0 Å². The molecule has 0 aliphatic carbocycles. The van der Waals surface area contributed by atoms with E-state index in [0.717, 1.165) is 37.2 Å². The van der Waals surface area contributed by atoms with Crippen molar-refractivity contribution < 1.29 is 0 Å². The van der Waals surface area contributed by atoms with Crippen LogP contribution < -0.4 is 10.2 Å². The van der Waals surface area contributed by atoms with Gasteiger partial charge >= 0.3 is 0 Å². The molecule has 0 saturated carbocycles. The van der Waals surface area contributed by atoms with Crippen LogP contribution in [-0.4, -0.2) is 35.6 Å². The Labute approximate surface area is 110 Å². The fraction of sp³-hybridized carbons (Fsp3) is 0.714. The summed E-state index contributed by atoms with van der Waals surface area (Å²) in [6.45, 7) is 9.69. The largest absolute Gasteiger partial charge is 0.356 e. The Morgan fingerprint density at radius 1 is 1.50 bits per heavy atom. The highest BCUT2D eigenvalue weighted by molar-refractivity contribution is 5.37. The summed E-state index contributed by atoms with van der Waals surface area (Å²) in [4.78, 5) is 11.1. The van der Waals surface area contributed by atoms with Crippen LogP contribution in [0.1, 0.15) is 32.5 Å². The molecule has 18 heavy (non-hydrogen) atoms. The van der Waals surface area contributed by atoms with Gasteiger partial charge in [0.2, 0.25) is 0 Å². The minimum Gasteiger partial charge on any atom is -0.356 e. The first-order chi connectivity index (χ1) is 8.65. The third-order valence-corrected chi connectivity index (χ3v) is 3.42. The van der Waals surface area contributed by atoms with Gasteiger partial charge in [-0.1, -0.05) is 13.8 Å². The van der Waals surface area contributed by atoms with Crippen molar-refractivity contribution in [3.63, 3.8) is 0 Å². The van der Waals surface area contributed by atoms with Gasteiger partial charge in [0.25, 0.3) is 0 Å². The molecule has 1 aromatic heterocycles. The van der Waals surface area contributed by atoms with Gasteiger partial charge in [-0.3, -0.25) is 0 Å². The van der Waals surface area contributed by atoms with E-state index in [1.165, 1.54) is 12.8 Å². The van der Waals surface area contributed by atoms with Crippen molar-refractivity contribution >= 4 is 5.82 Å². The van der Waals surface area contributed by atoms with Crippen molar-refractivity contribution in [1.82, 2.24) is 15.3 Å². The van der Waals surface area contributed by atoms with E-state index in [-0.39, 0.29) is 0 Å². The summed E-state index contributed by atoms with van der Waals surface area (Å²) in [6.07, 6.45) is 4.43. The molecule has 1 fully saturated rings. The molecule has 1 saturated heterocycles. The predicted molar refractivity (Wildman–Crippen MR) is 74.8 cm³/mol. The molecule has 1 unspecified atom stereocenters. The third-order valence-electron chi connectivity index (χ3n) is 3.42. The van der Waals surface area contributed by atoms with Crippen molar-refractivity contribution in [2.24, 2.45) is 5.92 Å². The van der Waals surface area contributed by atoms with Crippen LogP contribution in [0.5, 0.6) is 0 Å². The molecular formula is C14H24N4. The molecule has 1 aromatic rings. The fourth-order valence-electron chi connectivity index (χ4n) is 2.46. The molecule has 0 amide bonds. The van der Waals surface area contributed by atoms with Crippen molar-refractivity contribution in [1.29, 1.82) is 0 Å². The van der Waals surface area contributed by atoms with Crippen LogP contribution in [0.15, 0.2) is 12.3 Å². The lowest BCUT2D eigenvalue weighted by molar-refractivity contribution is 0.378. The standard InChI is InChI=1S/C14H24N4/c1-11(2)16-9-13-5-4-8-18(10-13)14-6-7-15-12(3)17-14/h6-7,11,13,16H,4-5,8-10H2,1-3H3. The molecule has 0 radical (unpaired) electrons. The molecule has 1 aliphatic rings. The average Bonchev–Trinajstić information content (AvgIpc) is 2.37. The van der Waals surface area contributed by atoms with Crippen LogP contribution in [0.2, 0.25) is 0 Å². The summed E-state index contributed by atoms with van der Waals surface area (Å²) in [6, 6.07) is 2.59. The van der Waals surface area contributed by atoms with Crippen LogP contribution in [0.3, 0.4) is 0 Å². The van der Waals surface area contributed by atoms with Crippen molar-refractivity contribution in [3.8, 4) is 0 Å². The minimum absolute atomic E-state index is 0.571. The number of anilines is 1. The summed E-state index contributed by atoms with van der Waals surface area (Å²) >= 11 is 0. The number of aromatic nitrogens is 2. The van der Waals surface area contributed by atoms with Gasteiger partial charge in [-0.2, -0.15) is 0 Å². The van der Waals surface area contributed by atoms with Crippen LogP contribution in [0, 0.1) is 12.8 Å². The van der Waals surface area contributed by atoms with E-state index in [9.17, 15) is 0 Å². The van der Waals surface area contributed by atoms with Gasteiger partial charge in [-0.05, 0) is 38.3 Å². The fourth-order valence-corrected chi connectivity index (χ4v) is 2.46. The van der Waals surface area contributed by atoms with Gasteiger partial charge in [-0.15, -0.1) is 0 Å². The summed E-state index contributed by atoms with van der Waals surface area (Å²) in [7, 11) is 0. The summed E-state index contributed by atoms with van der Waals surface area (Å²) in [5.41, 5.74) is 0. The van der Waals surface area contributed by atoms with E-state index >= 15 is 0 Å². The van der Waals surface area contributed by atoms with Gasteiger partial charge in [-0.25, -0.2) is 9.97 Å². The van der Waals surface area contributed by atoms with Gasteiger partial charge in [0.15, 0.2) is 0 Å². The minimum atomic E-state index is 0.571. The van der Waals surface area contributed by atoms with E-state index in [2.05, 4.69) is 34.0 Å². The van der Waals surface area contributed by atoms with Crippen LogP contribution in [0.4, 0.5) is 5.82 Å². The second-order valence-electron chi connectivity index (χ2n) is 5.48. The molecule has 100 valence electrons. The van der Waals surface area contributed by atoms with Crippen molar-refractivity contribution in [2.75, 3.05) is 24.5 Å². The first-order valence-electron chi connectivity index (χ1n) is 6.93. The molecule has 0 spiro atoms. The molecule has 4 heteroatoms. The molecule has 0 bridgehead atoms. The number of nitrogens with one attached hydrogen (secondary N) is 1. The number of hydrogen-bond acceptors (Lipinski definition) is 4. The first-order valence-corrected chi connectivity index (χ1v) is 6.93. The Kier molecular flexibility index (Phi) is 4.53. The Morgan fingerprint density at radius 2 is 2.33 bits per heavy atom. The quantitative estimate of drug-likeness (QED) is 0.885. The SMILES string of the molecule is Cc1nccc(N2CCCC(CNC(C)C)C2)n1. The van der Waals surface area contributed by atoms with E-state index in [0.29, 0.717) is 6.04 Å². The maximum absolute atomic E-state index is 4.52. The van der Waals surface area contributed by atoms with Crippen LogP contribution in [0.25, 0.3) is 0 Å². The summed E-state index contributed by atoms with van der Waals surface area (Å²) in [5.74, 6) is 2.67. The lowest BCUT2D eigenvalue weighted by Gasteiger charge is -2.34. The predicted octanol–water partition coefficient (Wildman–Crippen LogP) is 2.00. The van der Waals surface area contributed by atoms with Gasteiger partial charge < -0.3 is 10.2 Å². The smallest absolute Gasteiger partial charge is 0.132 e. The Hall–Kier alpha value is -1.16. The molecule has 1 atom stereocenters. The topological polar surface area (TPSA) is 41.1 Å². The Morgan fingerprint density at radius 3 is 3.06 bits per heavy atom. The van der Waals surface area contributed by atoms with Crippen molar-refractivity contribution in [2.45, 2.75) is 39.7 Å². The Balaban J connectivity index is 1.94. The molecule has 2 rings (SSSR count). The lowest BCUT2D eigenvalue weighted by atomic mass is 9.98. The van der Waals surface area contributed by atoms with Gasteiger partial charge in [0.1, 0.15) is 11.6 Å². The normalized spacial score (nSPS) is 20.4. The highest BCUT2D eigenvalue weighted by Gasteiger charge is 2.20. The van der Waals surface area contributed by atoms with Gasteiger partial charge in [0, 0.05) is 25.3 Å². The lowest BCUT2D eigenvalue weighted by Crippen LogP contribution is -2.41. The van der Waals surface area contributed by atoms with Crippen LogP contribution in [-0.2, 0) is 0 Å². The molecular weight excluding hydrogens is 224 g/mol. The maximum Gasteiger partial charge on any atom is 0.132 e. The third kappa shape index (κ3) is 3.67.